The quantitative estimate of drug-likeness (QED) is 0.724. The van der Waals surface area contributed by atoms with Gasteiger partial charge in [-0.25, -0.2) is 0 Å². The van der Waals surface area contributed by atoms with E-state index in [1.807, 2.05) is 42.8 Å². The molecule has 0 saturated carbocycles. The Morgan fingerprint density at radius 1 is 1.15 bits per heavy atom. The maximum Gasteiger partial charge on any atom is 0.239 e. The van der Waals surface area contributed by atoms with Crippen LogP contribution in [0.2, 0.25) is 0 Å². The topological polar surface area (TPSA) is 53.7 Å². The highest BCUT2D eigenvalue weighted by Crippen LogP contribution is 2.21. The van der Waals surface area contributed by atoms with Gasteiger partial charge in [0.05, 0.1) is 12.6 Å². The average molecular weight is 349 g/mol. The first-order valence-corrected chi connectivity index (χ1v) is 8.98. The summed E-state index contributed by atoms with van der Waals surface area (Å²) in [7, 11) is 1.83. The molecule has 4 rings (SSSR count). The summed E-state index contributed by atoms with van der Waals surface area (Å²) >= 11 is 0. The molecule has 1 aliphatic heterocycles. The zero-order chi connectivity index (χ0) is 18.1. The SMILES string of the molecule is C[C@H](C(=O)N(C)Cc1nnc2ccccn12)N1CCc2ccccc2C1. The van der Waals surface area contributed by atoms with Crippen LogP contribution in [0.5, 0.6) is 0 Å². The smallest absolute Gasteiger partial charge is 0.239 e. The van der Waals surface area contributed by atoms with Crippen LogP contribution in [0, 0.1) is 0 Å². The largest absolute Gasteiger partial charge is 0.337 e. The van der Waals surface area contributed by atoms with Crippen molar-refractivity contribution in [3.63, 3.8) is 0 Å². The molecule has 1 aliphatic rings. The third kappa shape index (κ3) is 3.08. The highest BCUT2D eigenvalue weighted by atomic mass is 16.2. The number of aromatic nitrogens is 3. The molecule has 0 radical (unpaired) electrons. The second kappa shape index (κ2) is 6.88. The fraction of sp³-hybridized carbons (Fsp3) is 0.350. The van der Waals surface area contributed by atoms with Crippen molar-refractivity contribution in [3.05, 3.63) is 65.6 Å². The molecule has 134 valence electrons. The van der Waals surface area contributed by atoms with Crippen LogP contribution < -0.4 is 0 Å². The van der Waals surface area contributed by atoms with Gasteiger partial charge in [-0.2, -0.15) is 0 Å². The van der Waals surface area contributed by atoms with E-state index in [4.69, 9.17) is 0 Å². The maximum absolute atomic E-state index is 12.9. The normalized spacial score (nSPS) is 15.6. The molecule has 0 saturated heterocycles. The van der Waals surface area contributed by atoms with Crippen LogP contribution in [0.25, 0.3) is 5.65 Å². The molecule has 0 unspecified atom stereocenters. The van der Waals surface area contributed by atoms with Crippen LogP contribution in [0.1, 0.15) is 23.9 Å². The lowest BCUT2D eigenvalue weighted by atomic mass is 9.98. The number of pyridine rings is 1. The van der Waals surface area contributed by atoms with Gasteiger partial charge in [0.15, 0.2) is 11.5 Å². The summed E-state index contributed by atoms with van der Waals surface area (Å²) in [6.07, 6.45) is 2.92. The van der Waals surface area contributed by atoms with Crippen molar-refractivity contribution < 1.29 is 4.79 Å². The lowest BCUT2D eigenvalue weighted by molar-refractivity contribution is -0.136. The van der Waals surface area contributed by atoms with E-state index in [9.17, 15) is 4.79 Å². The third-order valence-electron chi connectivity index (χ3n) is 5.20. The minimum absolute atomic E-state index is 0.108. The first kappa shape index (κ1) is 16.7. The summed E-state index contributed by atoms with van der Waals surface area (Å²) in [5.41, 5.74) is 3.51. The molecule has 6 heteroatoms. The number of likely N-dealkylation sites (N-methyl/N-ethyl adjacent to an activating group) is 1. The molecular formula is C20H23N5O. The summed E-state index contributed by atoms with van der Waals surface area (Å²) in [5, 5.41) is 8.38. The van der Waals surface area contributed by atoms with Crippen molar-refractivity contribution in [2.45, 2.75) is 32.5 Å². The molecule has 3 aromatic rings. The molecule has 0 spiro atoms. The monoisotopic (exact) mass is 349 g/mol. The minimum atomic E-state index is -0.160. The van der Waals surface area contributed by atoms with Gasteiger partial charge in [0.25, 0.3) is 0 Å². The van der Waals surface area contributed by atoms with E-state index in [2.05, 4.69) is 39.4 Å². The Balaban J connectivity index is 1.45. The summed E-state index contributed by atoms with van der Waals surface area (Å²) < 4.78 is 1.92. The highest BCUT2D eigenvalue weighted by molar-refractivity contribution is 5.81. The van der Waals surface area contributed by atoms with Crippen LogP contribution in [0.3, 0.4) is 0 Å². The van der Waals surface area contributed by atoms with E-state index in [-0.39, 0.29) is 11.9 Å². The van der Waals surface area contributed by atoms with Crippen molar-refractivity contribution in [2.75, 3.05) is 13.6 Å². The number of amides is 1. The van der Waals surface area contributed by atoms with Gasteiger partial charge in [-0.15, -0.1) is 10.2 Å². The van der Waals surface area contributed by atoms with Crippen LogP contribution in [-0.4, -0.2) is 49.9 Å². The Kier molecular flexibility index (Phi) is 4.42. The Morgan fingerprint density at radius 3 is 2.77 bits per heavy atom. The summed E-state index contributed by atoms with van der Waals surface area (Å²) in [4.78, 5) is 16.9. The van der Waals surface area contributed by atoms with Gasteiger partial charge < -0.3 is 4.90 Å². The lowest BCUT2D eigenvalue weighted by Gasteiger charge is -2.34. The first-order valence-electron chi connectivity index (χ1n) is 8.98. The number of hydrogen-bond donors (Lipinski definition) is 0. The Hall–Kier alpha value is -2.73. The van der Waals surface area contributed by atoms with Crippen LogP contribution in [-0.2, 0) is 24.3 Å². The Morgan fingerprint density at radius 2 is 1.92 bits per heavy atom. The molecule has 0 fully saturated rings. The average Bonchev–Trinajstić information content (AvgIpc) is 3.09. The predicted octanol–water partition coefficient (Wildman–Crippen LogP) is 2.13. The van der Waals surface area contributed by atoms with Gasteiger partial charge in [-0.05, 0) is 36.6 Å². The van der Waals surface area contributed by atoms with Crippen molar-refractivity contribution in [1.82, 2.24) is 24.4 Å². The molecule has 1 aromatic carbocycles. The summed E-state index contributed by atoms with van der Waals surface area (Å²) in [5.74, 6) is 0.879. The number of carbonyl (C=O) groups excluding carboxylic acids is 1. The van der Waals surface area contributed by atoms with Gasteiger partial charge in [0.1, 0.15) is 0 Å². The zero-order valence-electron chi connectivity index (χ0n) is 15.2. The van der Waals surface area contributed by atoms with E-state index in [0.29, 0.717) is 6.54 Å². The lowest BCUT2D eigenvalue weighted by Crippen LogP contribution is -2.47. The minimum Gasteiger partial charge on any atom is -0.337 e. The zero-order valence-corrected chi connectivity index (χ0v) is 15.2. The van der Waals surface area contributed by atoms with E-state index >= 15 is 0 Å². The standard InChI is InChI=1S/C20H23N5O/c1-15(24-12-10-16-7-3-4-8-17(16)13-24)20(26)23(2)14-19-22-21-18-9-5-6-11-25(18)19/h3-9,11,15H,10,12-14H2,1-2H3/t15-/m1/s1. The van der Waals surface area contributed by atoms with Gasteiger partial charge in [-0.3, -0.25) is 14.1 Å². The van der Waals surface area contributed by atoms with Gasteiger partial charge in [0.2, 0.25) is 5.91 Å². The fourth-order valence-electron chi connectivity index (χ4n) is 3.61. The molecule has 3 heterocycles. The number of carbonyl (C=O) groups is 1. The van der Waals surface area contributed by atoms with E-state index < -0.39 is 0 Å². The summed E-state index contributed by atoms with van der Waals surface area (Å²) in [6.45, 7) is 4.17. The van der Waals surface area contributed by atoms with Crippen molar-refractivity contribution in [2.24, 2.45) is 0 Å². The van der Waals surface area contributed by atoms with Crippen molar-refractivity contribution in [1.29, 1.82) is 0 Å². The second-order valence-corrected chi connectivity index (χ2v) is 6.90. The molecule has 0 bridgehead atoms. The van der Waals surface area contributed by atoms with Crippen LogP contribution in [0.4, 0.5) is 0 Å². The highest BCUT2D eigenvalue weighted by Gasteiger charge is 2.27. The first-order chi connectivity index (χ1) is 12.6. The third-order valence-corrected chi connectivity index (χ3v) is 5.20. The number of fused-ring (bicyclic) bond motifs is 2. The van der Waals surface area contributed by atoms with Crippen LogP contribution >= 0.6 is 0 Å². The van der Waals surface area contributed by atoms with Gasteiger partial charge >= 0.3 is 0 Å². The van der Waals surface area contributed by atoms with Crippen molar-refractivity contribution in [3.8, 4) is 0 Å². The van der Waals surface area contributed by atoms with Gasteiger partial charge in [-0.1, -0.05) is 30.3 Å². The Bertz CT molecular complexity index is 935. The molecule has 26 heavy (non-hydrogen) atoms. The van der Waals surface area contributed by atoms with E-state index in [1.54, 1.807) is 4.90 Å². The Labute approximate surface area is 153 Å². The molecule has 0 N–H and O–H groups in total. The molecular weight excluding hydrogens is 326 g/mol. The number of rotatable bonds is 4. The predicted molar refractivity (Wildman–Crippen MR) is 99.5 cm³/mol. The van der Waals surface area contributed by atoms with E-state index in [0.717, 1.165) is 31.0 Å². The summed E-state index contributed by atoms with van der Waals surface area (Å²) in [6, 6.07) is 14.1. The molecule has 1 atom stereocenters. The number of benzene rings is 1. The van der Waals surface area contributed by atoms with Crippen LogP contribution in [0.15, 0.2) is 48.7 Å². The second-order valence-electron chi connectivity index (χ2n) is 6.90. The number of hydrogen-bond acceptors (Lipinski definition) is 4. The molecule has 1 amide bonds. The molecule has 2 aromatic heterocycles. The molecule has 6 nitrogen and oxygen atoms in total. The fourth-order valence-corrected chi connectivity index (χ4v) is 3.61. The van der Waals surface area contributed by atoms with Gasteiger partial charge in [0, 0.05) is 26.3 Å². The maximum atomic E-state index is 12.9. The van der Waals surface area contributed by atoms with E-state index in [1.165, 1.54) is 11.1 Å². The van der Waals surface area contributed by atoms with Crippen molar-refractivity contribution >= 4 is 11.6 Å². The number of nitrogens with zero attached hydrogens (tertiary/aromatic N) is 5. The molecule has 0 aliphatic carbocycles.